The first kappa shape index (κ1) is 25.3. The summed E-state index contributed by atoms with van der Waals surface area (Å²) in [5.74, 6) is -0.900. The number of carboxylic acid groups (broad SMARTS) is 1. The van der Waals surface area contributed by atoms with E-state index in [-0.39, 0.29) is 22.8 Å². The molecule has 0 spiro atoms. The van der Waals surface area contributed by atoms with E-state index in [2.05, 4.69) is 5.32 Å². The van der Waals surface area contributed by atoms with E-state index in [1.54, 1.807) is 43.3 Å². The van der Waals surface area contributed by atoms with Gasteiger partial charge in [0.25, 0.3) is 5.91 Å². The Balaban J connectivity index is 1.81. The zero-order chi connectivity index (χ0) is 25.4. The summed E-state index contributed by atoms with van der Waals surface area (Å²) in [4.78, 5) is 23.6. The fraction of sp³-hybridized carbons (Fsp3) is 0.148. The molecule has 3 rings (SSSR count). The van der Waals surface area contributed by atoms with Crippen LogP contribution in [0.4, 0.5) is 5.69 Å². The van der Waals surface area contributed by atoms with Crippen LogP contribution in [-0.4, -0.2) is 23.6 Å². The highest BCUT2D eigenvalue weighted by Gasteiger charge is 2.15. The number of rotatable bonds is 9. The topological polar surface area (TPSA) is 109 Å². The number of anilines is 1. The average molecular weight is 491 g/mol. The van der Waals surface area contributed by atoms with E-state index >= 15 is 0 Å². The number of benzene rings is 3. The third-order valence-electron chi connectivity index (χ3n) is 4.90. The van der Waals surface area contributed by atoms with Crippen LogP contribution >= 0.6 is 11.6 Å². The van der Waals surface area contributed by atoms with Crippen molar-refractivity contribution in [3.05, 3.63) is 93.5 Å². The van der Waals surface area contributed by atoms with Crippen LogP contribution in [0.5, 0.6) is 11.5 Å². The molecule has 3 aromatic carbocycles. The van der Waals surface area contributed by atoms with Gasteiger partial charge in [0.15, 0.2) is 11.5 Å². The van der Waals surface area contributed by atoms with E-state index < -0.39 is 11.9 Å². The lowest BCUT2D eigenvalue weighted by molar-refractivity contribution is -0.112. The second-order valence-corrected chi connectivity index (χ2v) is 7.95. The zero-order valence-electron chi connectivity index (χ0n) is 19.2. The lowest BCUT2D eigenvalue weighted by Crippen LogP contribution is -2.13. The van der Waals surface area contributed by atoms with E-state index in [4.69, 9.17) is 26.2 Å². The molecular formula is C27H23ClN2O5. The molecule has 35 heavy (non-hydrogen) atoms. The molecule has 0 atom stereocenters. The van der Waals surface area contributed by atoms with E-state index in [0.29, 0.717) is 29.4 Å². The molecule has 178 valence electrons. The molecule has 1 amide bonds. The summed E-state index contributed by atoms with van der Waals surface area (Å²) in [5.41, 5.74) is 2.95. The summed E-state index contributed by atoms with van der Waals surface area (Å²) in [5, 5.41) is 21.5. The minimum absolute atomic E-state index is 0.101. The molecule has 7 nitrogen and oxygen atoms in total. The Kier molecular flexibility index (Phi) is 8.49. The van der Waals surface area contributed by atoms with Crippen molar-refractivity contribution in [3.8, 4) is 17.6 Å². The number of nitrogens with one attached hydrogen (secondary N) is 1. The molecule has 0 unspecified atom stereocenters. The van der Waals surface area contributed by atoms with Crippen LogP contribution in [0.2, 0.25) is 5.02 Å². The van der Waals surface area contributed by atoms with Crippen molar-refractivity contribution in [1.82, 2.24) is 0 Å². The van der Waals surface area contributed by atoms with E-state index in [9.17, 15) is 14.9 Å². The van der Waals surface area contributed by atoms with Gasteiger partial charge in [0.1, 0.15) is 18.2 Å². The number of hydrogen-bond donors (Lipinski definition) is 2. The van der Waals surface area contributed by atoms with E-state index in [0.717, 1.165) is 11.1 Å². The lowest BCUT2D eigenvalue weighted by atomic mass is 10.1. The highest BCUT2D eigenvalue weighted by molar-refractivity contribution is 6.32. The van der Waals surface area contributed by atoms with Crippen molar-refractivity contribution >= 4 is 35.2 Å². The number of amides is 1. The van der Waals surface area contributed by atoms with E-state index in [1.165, 1.54) is 18.2 Å². The maximum absolute atomic E-state index is 12.6. The number of ether oxygens (including phenoxy) is 2. The molecule has 8 heteroatoms. The molecule has 0 aliphatic heterocycles. The fourth-order valence-corrected chi connectivity index (χ4v) is 3.40. The van der Waals surface area contributed by atoms with Gasteiger partial charge in [-0.1, -0.05) is 41.4 Å². The molecule has 0 fully saturated rings. The molecule has 0 aliphatic carbocycles. The molecule has 0 bridgehead atoms. The lowest BCUT2D eigenvalue weighted by Gasteiger charge is -2.15. The van der Waals surface area contributed by atoms with Crippen molar-refractivity contribution in [1.29, 1.82) is 5.26 Å². The number of hydrogen-bond acceptors (Lipinski definition) is 5. The van der Waals surface area contributed by atoms with Gasteiger partial charge in [-0.25, -0.2) is 4.79 Å². The second kappa shape index (κ2) is 11.7. The first-order chi connectivity index (χ1) is 16.8. The van der Waals surface area contributed by atoms with E-state index in [1.807, 2.05) is 25.1 Å². The van der Waals surface area contributed by atoms with Crippen molar-refractivity contribution in [3.63, 3.8) is 0 Å². The number of nitrogens with zero attached hydrogens (tertiary/aromatic N) is 1. The third kappa shape index (κ3) is 6.85. The maximum atomic E-state index is 12.6. The number of carboxylic acids is 1. The van der Waals surface area contributed by atoms with Crippen LogP contribution in [0.1, 0.15) is 34.0 Å². The van der Waals surface area contributed by atoms with Gasteiger partial charge >= 0.3 is 5.97 Å². The minimum atomic E-state index is -1.01. The number of halogens is 1. The monoisotopic (exact) mass is 490 g/mol. The largest absolute Gasteiger partial charge is 0.490 e. The second-order valence-electron chi connectivity index (χ2n) is 7.54. The number of aryl methyl sites for hydroxylation is 1. The van der Waals surface area contributed by atoms with Crippen molar-refractivity contribution in [2.24, 2.45) is 0 Å². The van der Waals surface area contributed by atoms with Gasteiger partial charge in [0.05, 0.1) is 17.2 Å². The predicted molar refractivity (Wildman–Crippen MR) is 134 cm³/mol. The van der Waals surface area contributed by atoms with Crippen LogP contribution in [0.3, 0.4) is 0 Å². The van der Waals surface area contributed by atoms with Crippen LogP contribution < -0.4 is 14.8 Å². The zero-order valence-corrected chi connectivity index (χ0v) is 19.9. The first-order valence-electron chi connectivity index (χ1n) is 10.7. The molecule has 2 N–H and O–H groups in total. The third-order valence-corrected chi connectivity index (χ3v) is 5.18. The Morgan fingerprint density at radius 1 is 1.09 bits per heavy atom. The van der Waals surface area contributed by atoms with Crippen molar-refractivity contribution in [2.45, 2.75) is 20.5 Å². The molecule has 0 heterocycles. The van der Waals surface area contributed by atoms with Gasteiger partial charge in [0.2, 0.25) is 0 Å². The number of carbonyl (C=O) groups excluding carboxylic acids is 1. The normalized spacial score (nSPS) is 10.9. The van der Waals surface area contributed by atoms with Gasteiger partial charge in [-0.15, -0.1) is 0 Å². The average Bonchev–Trinajstić information content (AvgIpc) is 2.83. The Morgan fingerprint density at radius 2 is 1.77 bits per heavy atom. The highest BCUT2D eigenvalue weighted by Crippen LogP contribution is 2.38. The first-order valence-corrected chi connectivity index (χ1v) is 11.1. The van der Waals surface area contributed by atoms with Gasteiger partial charge in [0, 0.05) is 5.69 Å². The Labute approximate surface area is 208 Å². The van der Waals surface area contributed by atoms with Crippen LogP contribution in [0.15, 0.2) is 66.2 Å². The predicted octanol–water partition coefficient (Wildman–Crippen LogP) is 5.87. The molecule has 0 aliphatic rings. The SMILES string of the molecule is CCOc1cc(/C=C(\C#N)C(=O)Nc2ccc(C)cc2)cc(Cl)c1OCc1ccc(C(=O)O)cc1. The van der Waals surface area contributed by atoms with Gasteiger partial charge in [-0.2, -0.15) is 5.26 Å². The molecular weight excluding hydrogens is 468 g/mol. The maximum Gasteiger partial charge on any atom is 0.335 e. The van der Waals surface area contributed by atoms with Gasteiger partial charge in [-0.3, -0.25) is 4.79 Å². The summed E-state index contributed by atoms with van der Waals surface area (Å²) >= 11 is 6.46. The molecule has 0 saturated carbocycles. The summed E-state index contributed by atoms with van der Waals surface area (Å²) < 4.78 is 11.5. The highest BCUT2D eigenvalue weighted by atomic mass is 35.5. The quantitative estimate of drug-likeness (QED) is 0.287. The summed E-state index contributed by atoms with van der Waals surface area (Å²) in [6, 6.07) is 18.6. The Bertz CT molecular complexity index is 1290. The number of aromatic carboxylic acids is 1. The molecule has 0 radical (unpaired) electrons. The van der Waals surface area contributed by atoms with Crippen LogP contribution in [0, 0.1) is 18.3 Å². The number of carbonyl (C=O) groups is 2. The molecule has 3 aromatic rings. The summed E-state index contributed by atoms with van der Waals surface area (Å²) in [7, 11) is 0. The van der Waals surface area contributed by atoms with Gasteiger partial charge < -0.3 is 19.9 Å². The Hall–Kier alpha value is -4.28. The Morgan fingerprint density at radius 3 is 2.37 bits per heavy atom. The van der Waals surface area contributed by atoms with Crippen molar-refractivity contribution in [2.75, 3.05) is 11.9 Å². The van der Waals surface area contributed by atoms with Crippen molar-refractivity contribution < 1.29 is 24.2 Å². The molecule has 0 aromatic heterocycles. The van der Waals surface area contributed by atoms with Crippen LogP contribution in [-0.2, 0) is 11.4 Å². The minimum Gasteiger partial charge on any atom is -0.490 e. The van der Waals surface area contributed by atoms with Gasteiger partial charge in [-0.05, 0) is 67.4 Å². The number of nitriles is 1. The summed E-state index contributed by atoms with van der Waals surface area (Å²) in [6.07, 6.45) is 1.42. The standard InChI is InChI=1S/C27H23ClN2O5/c1-3-34-24-14-19(12-21(15-29)26(31)30-22-10-4-17(2)5-11-22)13-23(28)25(24)35-16-18-6-8-20(9-7-18)27(32)33/h4-14H,3,16H2,1-2H3,(H,30,31)(H,32,33)/b21-12+. The van der Waals surface area contributed by atoms with Crippen LogP contribution in [0.25, 0.3) is 6.08 Å². The smallest absolute Gasteiger partial charge is 0.335 e. The fourth-order valence-electron chi connectivity index (χ4n) is 3.12. The summed E-state index contributed by atoms with van der Waals surface area (Å²) in [6.45, 7) is 4.22. The molecule has 0 saturated heterocycles.